The molecule has 5 heteroatoms. The third-order valence-electron chi connectivity index (χ3n) is 4.40. The zero-order valence-electron chi connectivity index (χ0n) is 10.6. The highest BCUT2D eigenvalue weighted by Crippen LogP contribution is 2.59. The molecule has 2 rings (SSSR count). The van der Waals surface area contributed by atoms with Crippen molar-refractivity contribution in [2.45, 2.75) is 38.5 Å². The smallest absolute Gasteiger partial charge is 0.307 e. The van der Waals surface area contributed by atoms with Crippen LogP contribution >= 0.6 is 0 Å². The van der Waals surface area contributed by atoms with Crippen LogP contribution in [-0.2, 0) is 9.59 Å². The molecule has 18 heavy (non-hydrogen) atoms. The third kappa shape index (κ3) is 2.66. The maximum atomic E-state index is 11.8. The number of carbonyl (C=O) groups excluding carboxylic acids is 1. The lowest BCUT2D eigenvalue weighted by Crippen LogP contribution is -2.39. The highest BCUT2D eigenvalue weighted by molar-refractivity contribution is 5.77. The molecule has 1 aliphatic carbocycles. The summed E-state index contributed by atoms with van der Waals surface area (Å²) in [5.74, 6) is -0.715. The molecule has 1 atom stereocenters. The molecule has 1 heterocycles. The van der Waals surface area contributed by atoms with E-state index in [1.165, 1.54) is 0 Å². The molecule has 1 saturated carbocycles. The second-order valence-corrected chi connectivity index (χ2v) is 5.52. The van der Waals surface area contributed by atoms with Gasteiger partial charge in [0.05, 0.1) is 5.92 Å². The van der Waals surface area contributed by atoms with E-state index < -0.39 is 5.97 Å². The Morgan fingerprint density at radius 1 is 1.22 bits per heavy atom. The van der Waals surface area contributed by atoms with Gasteiger partial charge in [0.15, 0.2) is 0 Å². The fraction of sp³-hybridized carbons (Fsp3) is 0.846. The molecule has 1 aliphatic heterocycles. The largest absolute Gasteiger partial charge is 0.481 e. The van der Waals surface area contributed by atoms with E-state index in [9.17, 15) is 9.59 Å². The highest BCUT2D eigenvalue weighted by Gasteiger charge is 2.59. The summed E-state index contributed by atoms with van der Waals surface area (Å²) >= 11 is 0. The van der Waals surface area contributed by atoms with Crippen molar-refractivity contribution in [2.24, 2.45) is 11.3 Å². The second kappa shape index (κ2) is 5.26. The molecular weight excluding hydrogens is 234 g/mol. The average Bonchev–Trinajstić information content (AvgIpc) is 3.05. The second-order valence-electron chi connectivity index (χ2n) is 5.52. The Balaban J connectivity index is 1.74. The van der Waals surface area contributed by atoms with Crippen LogP contribution in [0.15, 0.2) is 0 Å². The number of unbranched alkanes of at least 4 members (excludes halogenated alkanes) is 1. The van der Waals surface area contributed by atoms with Gasteiger partial charge in [0.2, 0.25) is 5.91 Å². The van der Waals surface area contributed by atoms with E-state index in [-0.39, 0.29) is 23.8 Å². The topological polar surface area (TPSA) is 77.8 Å². The minimum atomic E-state index is -0.683. The third-order valence-corrected chi connectivity index (χ3v) is 4.40. The van der Waals surface area contributed by atoms with Crippen molar-refractivity contribution in [1.82, 2.24) is 4.90 Å². The zero-order chi connectivity index (χ0) is 13.2. The quantitative estimate of drug-likeness (QED) is 0.714. The lowest BCUT2D eigenvalue weighted by molar-refractivity contribution is -0.139. The van der Waals surface area contributed by atoms with Gasteiger partial charge in [-0.1, -0.05) is 0 Å². The van der Waals surface area contributed by atoms with Crippen molar-refractivity contribution >= 4 is 11.9 Å². The molecule has 102 valence electrons. The summed E-state index contributed by atoms with van der Waals surface area (Å²) in [6.07, 6.45) is 4.34. The van der Waals surface area contributed by atoms with Gasteiger partial charge in [-0.25, -0.2) is 0 Å². The van der Waals surface area contributed by atoms with Crippen LogP contribution in [0, 0.1) is 11.3 Å². The molecule has 0 aromatic heterocycles. The summed E-state index contributed by atoms with van der Waals surface area (Å²) in [5.41, 5.74) is -0.00624. The molecule has 0 unspecified atom stereocenters. The fourth-order valence-electron chi connectivity index (χ4n) is 3.00. The van der Waals surface area contributed by atoms with Crippen LogP contribution in [0.5, 0.6) is 0 Å². The van der Waals surface area contributed by atoms with Crippen molar-refractivity contribution in [3.05, 3.63) is 0 Å². The van der Waals surface area contributed by atoms with Gasteiger partial charge >= 0.3 is 5.97 Å². The maximum absolute atomic E-state index is 11.8. The maximum Gasteiger partial charge on any atom is 0.307 e. The van der Waals surface area contributed by atoms with Crippen molar-refractivity contribution in [3.8, 4) is 0 Å². The van der Waals surface area contributed by atoms with E-state index >= 15 is 0 Å². The summed E-state index contributed by atoms with van der Waals surface area (Å²) in [6.45, 7) is 1.53. The van der Waals surface area contributed by atoms with Gasteiger partial charge in [-0.15, -0.1) is 0 Å². The molecule has 1 saturated heterocycles. The molecule has 0 bridgehead atoms. The van der Waals surface area contributed by atoms with Gasteiger partial charge in [-0.05, 0) is 37.5 Å². The van der Waals surface area contributed by atoms with Gasteiger partial charge in [-0.2, -0.15) is 0 Å². The molecule has 0 radical (unpaired) electrons. The number of aliphatic hydroxyl groups excluding tert-OH is 1. The van der Waals surface area contributed by atoms with Gasteiger partial charge < -0.3 is 15.1 Å². The SMILES string of the molecule is O=C(O)[C@H]1CC12CCN(C(=O)CCCCO)CC2. The monoisotopic (exact) mass is 255 g/mol. The number of aliphatic hydroxyl groups is 1. The molecule has 1 amide bonds. The number of hydrogen-bond donors (Lipinski definition) is 2. The number of aliphatic carboxylic acids is 1. The number of carboxylic acid groups (broad SMARTS) is 1. The molecule has 1 spiro atoms. The number of likely N-dealkylation sites (tertiary alicyclic amines) is 1. The van der Waals surface area contributed by atoms with E-state index in [4.69, 9.17) is 10.2 Å². The summed E-state index contributed by atoms with van der Waals surface area (Å²) in [7, 11) is 0. The fourth-order valence-corrected chi connectivity index (χ4v) is 3.00. The summed E-state index contributed by atoms with van der Waals surface area (Å²) in [5, 5.41) is 17.7. The number of amides is 1. The van der Waals surface area contributed by atoms with Crippen molar-refractivity contribution in [3.63, 3.8) is 0 Å². The van der Waals surface area contributed by atoms with Crippen LogP contribution in [-0.4, -0.2) is 46.7 Å². The van der Waals surface area contributed by atoms with E-state index in [1.807, 2.05) is 4.90 Å². The molecular formula is C13H21NO4. The van der Waals surface area contributed by atoms with Crippen molar-refractivity contribution in [1.29, 1.82) is 0 Å². The molecule has 0 aromatic carbocycles. The number of carbonyl (C=O) groups is 2. The van der Waals surface area contributed by atoms with E-state index in [0.29, 0.717) is 25.9 Å². The molecule has 5 nitrogen and oxygen atoms in total. The van der Waals surface area contributed by atoms with Crippen LogP contribution < -0.4 is 0 Å². The Hall–Kier alpha value is -1.10. The zero-order valence-corrected chi connectivity index (χ0v) is 10.6. The number of rotatable bonds is 5. The lowest BCUT2D eigenvalue weighted by atomic mass is 9.90. The lowest BCUT2D eigenvalue weighted by Gasteiger charge is -2.32. The Kier molecular flexibility index (Phi) is 3.90. The predicted molar refractivity (Wildman–Crippen MR) is 64.9 cm³/mol. The average molecular weight is 255 g/mol. The molecule has 2 aliphatic rings. The number of carboxylic acids is 1. The Labute approximate surface area is 107 Å². The van der Waals surface area contributed by atoms with Crippen molar-refractivity contribution < 1.29 is 19.8 Å². The molecule has 2 fully saturated rings. The minimum Gasteiger partial charge on any atom is -0.481 e. The van der Waals surface area contributed by atoms with Gasteiger partial charge in [0, 0.05) is 26.1 Å². The number of nitrogens with zero attached hydrogens (tertiary/aromatic N) is 1. The standard InChI is InChI=1S/C13H21NO4/c15-8-2-1-3-11(16)14-6-4-13(5-7-14)9-10(13)12(17)18/h10,15H,1-9H2,(H,17,18)/t10-/m1/s1. The van der Waals surface area contributed by atoms with Crippen LogP contribution in [0.2, 0.25) is 0 Å². The van der Waals surface area contributed by atoms with Crippen LogP contribution in [0.3, 0.4) is 0 Å². The molecule has 2 N–H and O–H groups in total. The minimum absolute atomic E-state index is 0.00624. The summed E-state index contributed by atoms with van der Waals surface area (Å²) in [6, 6.07) is 0. The Morgan fingerprint density at radius 2 is 1.89 bits per heavy atom. The van der Waals surface area contributed by atoms with Gasteiger partial charge in [-0.3, -0.25) is 9.59 Å². The van der Waals surface area contributed by atoms with Gasteiger partial charge in [0.1, 0.15) is 0 Å². The summed E-state index contributed by atoms with van der Waals surface area (Å²) < 4.78 is 0. The predicted octanol–water partition coefficient (Wildman–Crippen LogP) is 0.862. The van der Waals surface area contributed by atoms with E-state index in [2.05, 4.69) is 0 Å². The summed E-state index contributed by atoms with van der Waals surface area (Å²) in [4.78, 5) is 24.6. The first kappa shape index (κ1) is 13.3. The number of piperidine rings is 1. The Bertz CT molecular complexity index is 334. The van der Waals surface area contributed by atoms with E-state index in [0.717, 1.165) is 25.7 Å². The highest BCUT2D eigenvalue weighted by atomic mass is 16.4. The van der Waals surface area contributed by atoms with Crippen LogP contribution in [0.25, 0.3) is 0 Å². The first-order valence-electron chi connectivity index (χ1n) is 6.70. The van der Waals surface area contributed by atoms with Gasteiger partial charge in [0.25, 0.3) is 0 Å². The first-order chi connectivity index (χ1) is 8.59. The first-order valence-corrected chi connectivity index (χ1v) is 6.70. The number of hydrogen-bond acceptors (Lipinski definition) is 3. The van der Waals surface area contributed by atoms with Crippen molar-refractivity contribution in [2.75, 3.05) is 19.7 Å². The van der Waals surface area contributed by atoms with Crippen LogP contribution in [0.4, 0.5) is 0 Å². The Morgan fingerprint density at radius 3 is 2.39 bits per heavy atom. The normalized spacial score (nSPS) is 25.2. The van der Waals surface area contributed by atoms with E-state index in [1.54, 1.807) is 0 Å². The molecule has 0 aromatic rings. The van der Waals surface area contributed by atoms with Crippen LogP contribution in [0.1, 0.15) is 38.5 Å².